The van der Waals surface area contributed by atoms with Crippen LogP contribution in [0.25, 0.3) is 105 Å². The molecule has 0 saturated carbocycles. The van der Waals surface area contributed by atoms with E-state index in [4.69, 9.17) is 0 Å². The summed E-state index contributed by atoms with van der Waals surface area (Å²) in [7, 11) is 0. The number of hydrogen-bond donors (Lipinski definition) is 0. The van der Waals surface area contributed by atoms with E-state index in [1.54, 1.807) is 0 Å². The summed E-state index contributed by atoms with van der Waals surface area (Å²) < 4.78 is 4.87. The lowest BCUT2D eigenvalue weighted by Crippen LogP contribution is -2.00. The summed E-state index contributed by atoms with van der Waals surface area (Å²) in [6.45, 7) is 7.97. The zero-order chi connectivity index (χ0) is 41.6. The van der Waals surface area contributed by atoms with Crippen LogP contribution < -0.4 is 0 Å². The Hall–Kier alpha value is -8.20. The maximum atomic E-state index is 4.05. The molecule has 11 rings (SSSR count). The van der Waals surface area contributed by atoms with E-state index in [0.29, 0.717) is 0 Å². The summed E-state index contributed by atoms with van der Waals surface area (Å²) in [5, 5.41) is 4.95. The number of para-hydroxylation sites is 4. The third kappa shape index (κ3) is 6.38. The maximum absolute atomic E-state index is 4.05. The van der Waals surface area contributed by atoms with E-state index in [-0.39, 0.29) is 0 Å². The first-order valence-electron chi connectivity index (χ1n) is 21.1. The Morgan fingerprint density at radius 2 is 0.661 bits per heavy atom. The lowest BCUT2D eigenvalue weighted by atomic mass is 9.91. The molecule has 0 atom stereocenters. The van der Waals surface area contributed by atoms with Crippen molar-refractivity contribution in [3.05, 3.63) is 249 Å². The van der Waals surface area contributed by atoms with Gasteiger partial charge in [0, 0.05) is 32.9 Å². The van der Waals surface area contributed by atoms with Gasteiger partial charge in [-0.1, -0.05) is 183 Å². The van der Waals surface area contributed by atoms with Gasteiger partial charge in [0.15, 0.2) is 0 Å². The first-order chi connectivity index (χ1) is 30.6. The summed E-state index contributed by atoms with van der Waals surface area (Å²) >= 11 is 0. The highest BCUT2D eigenvalue weighted by Gasteiger charge is 2.18. The molecule has 0 aliphatic heterocycles. The molecule has 62 heavy (non-hydrogen) atoms. The quantitative estimate of drug-likeness (QED) is 0.129. The Morgan fingerprint density at radius 1 is 0.323 bits per heavy atom. The number of nitrogens with zero attached hydrogens (tertiary/aromatic N) is 2. The monoisotopic (exact) mass is 790 g/mol. The van der Waals surface area contributed by atoms with Crippen molar-refractivity contribution in [2.75, 3.05) is 0 Å². The molecule has 0 aliphatic rings. The van der Waals surface area contributed by atoms with Crippen molar-refractivity contribution in [2.45, 2.75) is 0 Å². The van der Waals surface area contributed by atoms with Gasteiger partial charge in [-0.15, -0.1) is 0 Å². The van der Waals surface area contributed by atoms with Gasteiger partial charge in [0.25, 0.3) is 0 Å². The summed E-state index contributed by atoms with van der Waals surface area (Å²) in [5.74, 6) is 0. The average Bonchev–Trinajstić information content (AvgIpc) is 3.87. The average molecular weight is 791 g/mol. The molecule has 0 radical (unpaired) electrons. The van der Waals surface area contributed by atoms with Crippen molar-refractivity contribution < 1.29 is 0 Å². The van der Waals surface area contributed by atoms with Crippen molar-refractivity contribution in [1.29, 1.82) is 0 Å². The minimum atomic E-state index is 1.04. The topological polar surface area (TPSA) is 9.86 Å². The van der Waals surface area contributed by atoms with E-state index in [9.17, 15) is 0 Å². The van der Waals surface area contributed by atoms with Crippen LogP contribution in [0, 0.1) is 0 Å². The zero-order valence-corrected chi connectivity index (χ0v) is 34.2. The molecule has 0 aliphatic carbocycles. The Balaban J connectivity index is 1.17. The zero-order valence-electron chi connectivity index (χ0n) is 34.2. The van der Waals surface area contributed by atoms with E-state index in [1.807, 2.05) is 18.2 Å². The molecule has 292 valence electrons. The Kier molecular flexibility index (Phi) is 9.17. The number of rotatable bonds is 9. The van der Waals surface area contributed by atoms with Crippen LogP contribution in [0.15, 0.2) is 244 Å². The van der Waals surface area contributed by atoms with E-state index in [2.05, 4.69) is 235 Å². The molecule has 0 amide bonds. The van der Waals surface area contributed by atoms with Crippen LogP contribution in [0.3, 0.4) is 0 Å². The van der Waals surface area contributed by atoms with Gasteiger partial charge in [0.05, 0.1) is 22.1 Å². The van der Waals surface area contributed by atoms with Gasteiger partial charge in [0.1, 0.15) is 0 Å². The Bertz CT molecular complexity index is 3280. The van der Waals surface area contributed by atoms with Crippen LogP contribution in [0.1, 0.15) is 5.56 Å². The van der Waals surface area contributed by atoms with Crippen LogP contribution in [0.2, 0.25) is 0 Å². The van der Waals surface area contributed by atoms with Crippen LogP contribution >= 0.6 is 0 Å². The van der Waals surface area contributed by atoms with Crippen molar-refractivity contribution >= 4 is 49.2 Å². The molecule has 0 bridgehead atoms. The van der Waals surface area contributed by atoms with Gasteiger partial charge >= 0.3 is 0 Å². The van der Waals surface area contributed by atoms with Gasteiger partial charge in [-0.05, 0) is 116 Å². The molecule has 2 heteroatoms. The minimum absolute atomic E-state index is 1.04. The first kappa shape index (κ1) is 36.8. The molecule has 0 fully saturated rings. The molecule has 2 nitrogen and oxygen atoms in total. The fourth-order valence-corrected chi connectivity index (χ4v) is 9.30. The second kappa shape index (κ2) is 15.4. The lowest BCUT2D eigenvalue weighted by Gasteiger charge is -2.17. The Morgan fingerprint density at radius 3 is 1.08 bits per heavy atom. The number of allylic oxidation sites excluding steroid dienone is 4. The summed E-state index contributed by atoms with van der Waals surface area (Å²) in [5.41, 5.74) is 18.3. The largest absolute Gasteiger partial charge is 0.309 e. The lowest BCUT2D eigenvalue weighted by molar-refractivity contribution is 1.13. The molecule has 2 aromatic heterocycles. The number of hydrogen-bond acceptors (Lipinski definition) is 0. The molecular weight excluding hydrogens is 749 g/mol. The SMILES string of the molecule is C=C/C=C(\C=C)c1ccc(-c2cc(-c3ccc(-c4ccccc4)cc3)cc(-c3cc(-n4c5ccccc5c5ccccc54)cc(-n4c5ccccc5c5ccccc54)c3)c2)cc1. The van der Waals surface area contributed by atoms with E-state index < -0.39 is 0 Å². The van der Waals surface area contributed by atoms with E-state index in [0.717, 1.165) is 55.9 Å². The molecule has 11 aromatic rings. The van der Waals surface area contributed by atoms with Crippen LogP contribution in [0.5, 0.6) is 0 Å². The number of benzene rings is 9. The fraction of sp³-hybridized carbons (Fsp3) is 0. The molecule has 0 saturated heterocycles. The minimum Gasteiger partial charge on any atom is -0.309 e. The highest BCUT2D eigenvalue weighted by atomic mass is 15.0. The van der Waals surface area contributed by atoms with E-state index in [1.165, 1.54) is 54.7 Å². The van der Waals surface area contributed by atoms with Crippen LogP contribution in [0.4, 0.5) is 0 Å². The maximum Gasteiger partial charge on any atom is 0.0541 e. The highest BCUT2D eigenvalue weighted by molar-refractivity contribution is 6.11. The summed E-state index contributed by atoms with van der Waals surface area (Å²) in [4.78, 5) is 0. The smallest absolute Gasteiger partial charge is 0.0541 e. The Labute approximate surface area is 361 Å². The van der Waals surface area contributed by atoms with Gasteiger partial charge in [-0.3, -0.25) is 0 Å². The van der Waals surface area contributed by atoms with Crippen molar-refractivity contribution in [1.82, 2.24) is 9.13 Å². The van der Waals surface area contributed by atoms with Crippen molar-refractivity contribution in [3.8, 4) is 55.9 Å². The fourth-order valence-electron chi connectivity index (χ4n) is 9.30. The van der Waals surface area contributed by atoms with Crippen LogP contribution in [-0.2, 0) is 0 Å². The second-order valence-corrected chi connectivity index (χ2v) is 15.9. The predicted molar refractivity (Wildman–Crippen MR) is 265 cm³/mol. The third-order valence-corrected chi connectivity index (χ3v) is 12.2. The van der Waals surface area contributed by atoms with Gasteiger partial charge in [-0.2, -0.15) is 0 Å². The standard InChI is InChI=1S/C60H42N2/c1-3-16-41(4-2)43-27-31-45(32-28-43)47-35-48(46-33-29-44(30-34-46)42-17-6-5-7-18-42)37-49(36-47)50-38-51(61-57-23-12-8-19-53(57)54-20-9-13-24-58(54)61)40-52(39-50)62-59-25-14-10-21-55(59)56-22-11-15-26-60(56)62/h3-40H,1-2H2/b41-16+. The second-order valence-electron chi connectivity index (χ2n) is 15.9. The van der Waals surface area contributed by atoms with Gasteiger partial charge < -0.3 is 9.13 Å². The summed E-state index contributed by atoms with van der Waals surface area (Å²) in [6.07, 6.45) is 5.69. The summed E-state index contributed by atoms with van der Waals surface area (Å²) in [6, 6.07) is 77.5. The molecular formula is C60H42N2. The number of fused-ring (bicyclic) bond motifs is 6. The highest BCUT2D eigenvalue weighted by Crippen LogP contribution is 2.40. The molecule has 9 aromatic carbocycles. The number of aromatic nitrogens is 2. The third-order valence-electron chi connectivity index (χ3n) is 12.2. The molecule has 2 heterocycles. The molecule has 0 unspecified atom stereocenters. The van der Waals surface area contributed by atoms with Gasteiger partial charge in [0.2, 0.25) is 0 Å². The molecule has 0 spiro atoms. The van der Waals surface area contributed by atoms with Crippen LogP contribution in [-0.4, -0.2) is 9.13 Å². The van der Waals surface area contributed by atoms with Crippen molar-refractivity contribution in [2.24, 2.45) is 0 Å². The van der Waals surface area contributed by atoms with Crippen molar-refractivity contribution in [3.63, 3.8) is 0 Å². The van der Waals surface area contributed by atoms with Gasteiger partial charge in [-0.25, -0.2) is 0 Å². The first-order valence-corrected chi connectivity index (χ1v) is 21.1. The molecule has 0 N–H and O–H groups in total. The normalized spacial score (nSPS) is 11.8. The van der Waals surface area contributed by atoms with E-state index >= 15 is 0 Å². The predicted octanol–water partition coefficient (Wildman–Crippen LogP) is 16.3.